The highest BCUT2D eigenvalue weighted by Crippen LogP contribution is 2.38. The summed E-state index contributed by atoms with van der Waals surface area (Å²) >= 11 is 0. The predicted octanol–water partition coefficient (Wildman–Crippen LogP) is 1.26. The van der Waals surface area contributed by atoms with Crippen LogP contribution in [0.25, 0.3) is 0 Å². The first-order valence-corrected chi connectivity index (χ1v) is 9.21. The highest BCUT2D eigenvalue weighted by Gasteiger charge is 2.36. The van der Waals surface area contributed by atoms with Crippen LogP contribution in [-0.2, 0) is 9.84 Å². The number of sulfone groups is 1. The van der Waals surface area contributed by atoms with E-state index in [0.717, 1.165) is 19.4 Å². The van der Waals surface area contributed by atoms with Crippen molar-refractivity contribution in [2.45, 2.75) is 52.1 Å². The summed E-state index contributed by atoms with van der Waals surface area (Å²) in [6.07, 6.45) is 3.46. The van der Waals surface area contributed by atoms with Crippen LogP contribution in [0.5, 0.6) is 0 Å². The topological polar surface area (TPSA) is 63.4 Å². The highest BCUT2D eigenvalue weighted by molar-refractivity contribution is 7.91. The van der Waals surface area contributed by atoms with Gasteiger partial charge in [0.15, 0.2) is 9.84 Å². The molecule has 1 heterocycles. The zero-order valence-corrected chi connectivity index (χ0v) is 13.2. The summed E-state index contributed by atoms with van der Waals surface area (Å²) in [5, 5.41) is 0. The van der Waals surface area contributed by atoms with Crippen molar-refractivity contribution in [3.8, 4) is 0 Å². The summed E-state index contributed by atoms with van der Waals surface area (Å²) in [7, 11) is -2.81. The van der Waals surface area contributed by atoms with Crippen molar-refractivity contribution in [2.75, 3.05) is 24.6 Å². The van der Waals surface area contributed by atoms with Gasteiger partial charge in [-0.25, -0.2) is 8.42 Å². The first-order chi connectivity index (χ1) is 8.69. The summed E-state index contributed by atoms with van der Waals surface area (Å²) in [6, 6.07) is 0.412. The molecule has 1 saturated heterocycles. The quantitative estimate of drug-likeness (QED) is 0.831. The van der Waals surface area contributed by atoms with Crippen LogP contribution in [0, 0.1) is 11.3 Å². The summed E-state index contributed by atoms with van der Waals surface area (Å²) in [4.78, 5) is 2.33. The molecule has 2 fully saturated rings. The van der Waals surface area contributed by atoms with Crippen LogP contribution >= 0.6 is 0 Å². The van der Waals surface area contributed by atoms with Gasteiger partial charge in [0, 0.05) is 25.2 Å². The molecule has 2 N–H and O–H groups in total. The van der Waals surface area contributed by atoms with E-state index in [4.69, 9.17) is 5.73 Å². The maximum Gasteiger partial charge on any atom is 0.153 e. The van der Waals surface area contributed by atoms with Crippen LogP contribution in [0.1, 0.15) is 40.0 Å². The first-order valence-electron chi connectivity index (χ1n) is 7.39. The third kappa shape index (κ3) is 3.92. The lowest BCUT2D eigenvalue weighted by Crippen LogP contribution is -2.52. The van der Waals surface area contributed by atoms with E-state index in [1.807, 2.05) is 6.92 Å². The Kier molecular flexibility index (Phi) is 4.29. The minimum atomic E-state index is -2.81. The number of rotatable bonds is 2. The number of hydrogen-bond acceptors (Lipinski definition) is 4. The van der Waals surface area contributed by atoms with Crippen LogP contribution in [-0.4, -0.2) is 50.0 Å². The molecule has 2 rings (SSSR count). The van der Waals surface area contributed by atoms with Crippen molar-refractivity contribution in [1.82, 2.24) is 4.90 Å². The zero-order chi connectivity index (χ0) is 14.3. The second-order valence-electron chi connectivity index (χ2n) is 7.29. The molecule has 2 aliphatic rings. The molecule has 0 spiro atoms. The molecule has 0 aromatic carbocycles. The van der Waals surface area contributed by atoms with E-state index in [1.165, 1.54) is 6.42 Å². The van der Waals surface area contributed by atoms with E-state index >= 15 is 0 Å². The molecule has 1 saturated carbocycles. The average Bonchev–Trinajstić information content (AvgIpc) is 2.26. The number of nitrogens with two attached hydrogens (primary N) is 1. The zero-order valence-electron chi connectivity index (χ0n) is 12.4. The standard InChI is InChI=1S/C14H28N2O2S/c1-11-10-19(17,18)7-6-16(11)9-12-8-14(2,3)5-4-13(12)15/h11-13H,4-10,15H2,1-3H3. The second-order valence-corrected chi connectivity index (χ2v) is 9.52. The van der Waals surface area contributed by atoms with Gasteiger partial charge in [-0.1, -0.05) is 13.8 Å². The van der Waals surface area contributed by atoms with E-state index in [-0.39, 0.29) is 12.1 Å². The molecular weight excluding hydrogens is 260 g/mol. The molecule has 3 unspecified atom stereocenters. The second kappa shape index (κ2) is 5.34. The third-order valence-electron chi connectivity index (χ3n) is 4.85. The average molecular weight is 288 g/mol. The van der Waals surface area contributed by atoms with Gasteiger partial charge in [-0.2, -0.15) is 0 Å². The Morgan fingerprint density at radius 3 is 2.68 bits per heavy atom. The summed E-state index contributed by atoms with van der Waals surface area (Å²) < 4.78 is 23.2. The summed E-state index contributed by atoms with van der Waals surface area (Å²) in [5.74, 6) is 1.12. The predicted molar refractivity (Wildman–Crippen MR) is 78.8 cm³/mol. The van der Waals surface area contributed by atoms with Gasteiger partial charge in [-0.15, -0.1) is 0 Å². The summed E-state index contributed by atoms with van der Waals surface area (Å²) in [6.45, 7) is 8.29. The van der Waals surface area contributed by atoms with Crippen molar-refractivity contribution in [3.63, 3.8) is 0 Å². The Morgan fingerprint density at radius 2 is 2.05 bits per heavy atom. The van der Waals surface area contributed by atoms with E-state index < -0.39 is 9.84 Å². The minimum absolute atomic E-state index is 0.135. The SMILES string of the molecule is CC1CS(=O)(=O)CCN1CC1CC(C)(C)CCC1N. The molecule has 112 valence electrons. The third-order valence-corrected chi connectivity index (χ3v) is 6.65. The molecule has 3 atom stereocenters. The normalized spacial score (nSPS) is 39.1. The van der Waals surface area contributed by atoms with Crippen LogP contribution in [0.2, 0.25) is 0 Å². The van der Waals surface area contributed by atoms with Crippen molar-refractivity contribution < 1.29 is 8.42 Å². The monoisotopic (exact) mass is 288 g/mol. The van der Waals surface area contributed by atoms with Gasteiger partial charge in [-0.05, 0) is 37.5 Å². The van der Waals surface area contributed by atoms with Gasteiger partial charge in [-0.3, -0.25) is 4.90 Å². The van der Waals surface area contributed by atoms with Gasteiger partial charge in [0.25, 0.3) is 0 Å². The minimum Gasteiger partial charge on any atom is -0.327 e. The lowest BCUT2D eigenvalue weighted by atomic mass is 9.70. The van der Waals surface area contributed by atoms with Gasteiger partial charge in [0.2, 0.25) is 0 Å². The molecule has 4 nitrogen and oxygen atoms in total. The number of hydrogen-bond donors (Lipinski definition) is 1. The molecule has 19 heavy (non-hydrogen) atoms. The largest absolute Gasteiger partial charge is 0.327 e. The van der Waals surface area contributed by atoms with E-state index in [1.54, 1.807) is 0 Å². The maximum atomic E-state index is 11.6. The molecule has 0 aromatic heterocycles. The smallest absolute Gasteiger partial charge is 0.153 e. The molecule has 0 amide bonds. The Labute approximate surface area is 117 Å². The lowest BCUT2D eigenvalue weighted by Gasteiger charge is -2.43. The van der Waals surface area contributed by atoms with Crippen molar-refractivity contribution in [2.24, 2.45) is 17.1 Å². The fourth-order valence-corrected chi connectivity index (χ4v) is 5.19. The van der Waals surface area contributed by atoms with Crippen LogP contribution in [0.4, 0.5) is 0 Å². The van der Waals surface area contributed by atoms with E-state index in [9.17, 15) is 8.42 Å². The molecule has 5 heteroatoms. The molecule has 0 bridgehead atoms. The molecule has 0 aromatic rings. The Hall–Kier alpha value is -0.130. The Balaban J connectivity index is 1.97. The highest BCUT2D eigenvalue weighted by atomic mass is 32.2. The van der Waals surface area contributed by atoms with Gasteiger partial charge in [0.05, 0.1) is 11.5 Å². The van der Waals surface area contributed by atoms with Gasteiger partial charge in [0.1, 0.15) is 0 Å². The molecular formula is C14H28N2O2S. The first kappa shape index (κ1) is 15.3. The van der Waals surface area contributed by atoms with Gasteiger partial charge >= 0.3 is 0 Å². The lowest BCUT2D eigenvalue weighted by molar-refractivity contribution is 0.102. The van der Waals surface area contributed by atoms with Crippen molar-refractivity contribution >= 4 is 9.84 Å². The molecule has 1 aliphatic carbocycles. The Morgan fingerprint density at radius 1 is 1.37 bits per heavy atom. The van der Waals surface area contributed by atoms with E-state index in [2.05, 4.69) is 18.7 Å². The molecule has 1 aliphatic heterocycles. The van der Waals surface area contributed by atoms with Crippen molar-refractivity contribution in [3.05, 3.63) is 0 Å². The fraction of sp³-hybridized carbons (Fsp3) is 1.00. The van der Waals surface area contributed by atoms with Crippen LogP contribution < -0.4 is 5.73 Å². The Bertz CT molecular complexity index is 419. The van der Waals surface area contributed by atoms with Crippen LogP contribution in [0.3, 0.4) is 0 Å². The maximum absolute atomic E-state index is 11.6. The number of nitrogens with zero attached hydrogens (tertiary/aromatic N) is 1. The fourth-order valence-electron chi connectivity index (χ4n) is 3.56. The van der Waals surface area contributed by atoms with E-state index in [0.29, 0.717) is 29.4 Å². The summed E-state index contributed by atoms with van der Waals surface area (Å²) in [5.41, 5.74) is 6.65. The van der Waals surface area contributed by atoms with Crippen LogP contribution in [0.15, 0.2) is 0 Å². The van der Waals surface area contributed by atoms with Crippen molar-refractivity contribution in [1.29, 1.82) is 0 Å². The van der Waals surface area contributed by atoms with Gasteiger partial charge < -0.3 is 5.73 Å². The molecule has 0 radical (unpaired) electrons.